The number of morpholine rings is 1. The van der Waals surface area contributed by atoms with Crippen molar-refractivity contribution in [3.63, 3.8) is 0 Å². The van der Waals surface area contributed by atoms with Gasteiger partial charge in [0.25, 0.3) is 5.88 Å². The topological polar surface area (TPSA) is 174 Å². The number of aliphatic hydroxyl groups is 1. The van der Waals surface area contributed by atoms with Crippen LogP contribution in [-0.4, -0.2) is 101 Å². The smallest absolute Gasteiger partial charge is 0.256 e. The van der Waals surface area contributed by atoms with E-state index in [2.05, 4.69) is 41.8 Å². The molecule has 1 aromatic carbocycles. The highest BCUT2D eigenvalue weighted by Gasteiger charge is 2.40. The third-order valence-corrected chi connectivity index (χ3v) is 9.43. The van der Waals surface area contributed by atoms with Crippen LogP contribution >= 0.6 is 0 Å². The molecule has 48 heavy (non-hydrogen) atoms. The third kappa shape index (κ3) is 7.73. The fraction of sp³-hybridized carbons (Fsp3) is 0.545. The largest absolute Gasteiger partial charge is 0.487 e. The summed E-state index contributed by atoms with van der Waals surface area (Å²) in [5, 5.41) is 39.3. The van der Waals surface area contributed by atoms with Crippen LogP contribution in [-0.2, 0) is 11.3 Å². The van der Waals surface area contributed by atoms with Crippen LogP contribution in [0.5, 0.6) is 11.6 Å². The second-order valence-electron chi connectivity index (χ2n) is 13.0. The Bertz CT molecular complexity index is 1690. The van der Waals surface area contributed by atoms with Crippen LogP contribution in [0.15, 0.2) is 43.1 Å². The molecule has 0 unspecified atom stereocenters. The molecule has 4 heterocycles. The molecule has 15 heteroatoms. The zero-order chi connectivity index (χ0) is 32.9. The molecule has 3 aliphatic rings. The van der Waals surface area contributed by atoms with Crippen molar-refractivity contribution in [1.29, 1.82) is 5.26 Å². The van der Waals surface area contributed by atoms with E-state index in [4.69, 9.17) is 19.3 Å². The van der Waals surface area contributed by atoms with Crippen LogP contribution in [0.1, 0.15) is 63.5 Å². The molecule has 1 atom stereocenters. The minimum atomic E-state index is -0.601. The van der Waals surface area contributed by atoms with Gasteiger partial charge < -0.3 is 24.6 Å². The molecule has 3 fully saturated rings. The first-order chi connectivity index (χ1) is 23.4. The highest BCUT2D eigenvalue weighted by molar-refractivity contribution is 5.67. The van der Waals surface area contributed by atoms with E-state index in [1.165, 1.54) is 6.33 Å². The molecule has 3 aromatic heterocycles. The van der Waals surface area contributed by atoms with Gasteiger partial charge in [-0.1, -0.05) is 6.07 Å². The van der Waals surface area contributed by atoms with Crippen LogP contribution in [0.25, 0.3) is 11.1 Å². The summed E-state index contributed by atoms with van der Waals surface area (Å²) >= 11 is 0. The lowest BCUT2D eigenvalue weighted by molar-refractivity contribution is 0.00502. The van der Waals surface area contributed by atoms with E-state index < -0.39 is 5.60 Å². The van der Waals surface area contributed by atoms with E-state index in [-0.39, 0.29) is 12.1 Å². The first kappa shape index (κ1) is 31.9. The van der Waals surface area contributed by atoms with E-state index >= 15 is 0 Å². The number of ether oxygens (including phenoxy) is 3. The lowest BCUT2D eigenvalue weighted by Gasteiger charge is -2.38. The summed E-state index contributed by atoms with van der Waals surface area (Å²) in [6.07, 6.45) is 13.2. The Morgan fingerprint density at radius 2 is 1.88 bits per heavy atom. The first-order valence-corrected chi connectivity index (χ1v) is 16.7. The summed E-state index contributed by atoms with van der Waals surface area (Å²) in [7, 11) is 0. The monoisotopic (exact) mass is 655 g/mol. The summed E-state index contributed by atoms with van der Waals surface area (Å²) in [6.45, 7) is 6.36. The Balaban J connectivity index is 1.03. The van der Waals surface area contributed by atoms with Crippen molar-refractivity contribution in [3.05, 3.63) is 48.7 Å². The molecule has 1 aliphatic heterocycles. The van der Waals surface area contributed by atoms with E-state index in [9.17, 15) is 10.4 Å². The fourth-order valence-corrected chi connectivity index (χ4v) is 6.45. The van der Waals surface area contributed by atoms with Gasteiger partial charge in [0.05, 0.1) is 49.8 Å². The molecular formula is C33H41N11O4. The van der Waals surface area contributed by atoms with Gasteiger partial charge in [-0.2, -0.15) is 5.26 Å². The summed E-state index contributed by atoms with van der Waals surface area (Å²) in [5.74, 6) is 1.34. The molecule has 0 radical (unpaired) electrons. The van der Waals surface area contributed by atoms with Gasteiger partial charge in [-0.3, -0.25) is 9.58 Å². The van der Waals surface area contributed by atoms with Crippen molar-refractivity contribution < 1.29 is 19.3 Å². The maximum absolute atomic E-state index is 10.3. The Labute approximate surface area is 278 Å². The quantitative estimate of drug-likeness (QED) is 0.214. The molecule has 15 nitrogen and oxygen atoms in total. The SMILES string of the molecule is C[C@@H](Cn1cnnn1)Oc1cc(-c2cnc(Nc3cn(C4CCC(N5CCOCC5)CC4)nc3OCCC3(O)CC3)nc2)ccc1C#N. The minimum absolute atomic E-state index is 0.275. The molecule has 0 amide bonds. The normalized spacial score (nSPS) is 21.3. The Hall–Kier alpha value is -4.65. The Morgan fingerprint density at radius 3 is 2.58 bits per heavy atom. The number of anilines is 2. The van der Waals surface area contributed by atoms with Crippen LogP contribution in [0, 0.1) is 11.3 Å². The summed E-state index contributed by atoms with van der Waals surface area (Å²) in [6, 6.07) is 8.46. The van der Waals surface area contributed by atoms with E-state index in [1.54, 1.807) is 23.1 Å². The van der Waals surface area contributed by atoms with Crippen LogP contribution < -0.4 is 14.8 Å². The second-order valence-corrected chi connectivity index (χ2v) is 13.0. The van der Waals surface area contributed by atoms with Gasteiger partial charge in [-0.05, 0) is 73.6 Å². The van der Waals surface area contributed by atoms with E-state index in [0.717, 1.165) is 76.0 Å². The van der Waals surface area contributed by atoms with Gasteiger partial charge >= 0.3 is 0 Å². The summed E-state index contributed by atoms with van der Waals surface area (Å²) in [4.78, 5) is 11.7. The van der Waals surface area contributed by atoms with E-state index in [1.807, 2.05) is 29.9 Å². The molecule has 1 saturated heterocycles. The standard InChI is InChI=1S/C33H41N11O4/c1-23(20-43-22-37-40-41-43)48-30-16-24(2-3-25(30)17-34)26-18-35-32(36-19-26)38-29-21-44(39-31(29)47-13-10-33(45)8-9-33)28-6-4-27(5-7-28)42-11-14-46-15-12-42/h2-3,16,18-19,21-23,27-28,45H,4-15,20H2,1H3,(H,35,36,38)/t23-,27?,28?/m0/s1. The predicted molar refractivity (Wildman–Crippen MR) is 174 cm³/mol. The fourth-order valence-electron chi connectivity index (χ4n) is 6.45. The molecule has 2 saturated carbocycles. The summed E-state index contributed by atoms with van der Waals surface area (Å²) < 4.78 is 21.4. The molecule has 2 N–H and O–H groups in total. The van der Waals surface area contributed by atoms with Crippen molar-refractivity contribution in [2.75, 3.05) is 38.2 Å². The van der Waals surface area contributed by atoms with Gasteiger partial charge in [0.2, 0.25) is 5.95 Å². The average Bonchev–Trinajstić information content (AvgIpc) is 3.43. The van der Waals surface area contributed by atoms with Crippen molar-refractivity contribution in [1.82, 2.24) is 44.9 Å². The van der Waals surface area contributed by atoms with Crippen LogP contribution in [0.4, 0.5) is 11.6 Å². The summed E-state index contributed by atoms with van der Waals surface area (Å²) in [5.41, 5.74) is 2.09. The van der Waals surface area contributed by atoms with Crippen LogP contribution in [0.3, 0.4) is 0 Å². The number of aromatic nitrogens is 8. The van der Waals surface area contributed by atoms with Gasteiger partial charge in [0.1, 0.15) is 29.9 Å². The van der Waals surface area contributed by atoms with Crippen molar-refractivity contribution >= 4 is 11.6 Å². The zero-order valence-corrected chi connectivity index (χ0v) is 27.1. The first-order valence-electron chi connectivity index (χ1n) is 16.7. The highest BCUT2D eigenvalue weighted by atomic mass is 16.5. The van der Waals surface area contributed by atoms with Crippen molar-refractivity contribution in [2.45, 2.75) is 82.2 Å². The maximum atomic E-state index is 10.3. The number of nitriles is 1. The number of benzene rings is 1. The number of rotatable bonds is 13. The van der Waals surface area contributed by atoms with E-state index in [0.29, 0.717) is 54.4 Å². The number of tetrazole rings is 1. The predicted octanol–water partition coefficient (Wildman–Crippen LogP) is 3.52. The number of nitrogens with zero attached hydrogens (tertiary/aromatic N) is 10. The highest BCUT2D eigenvalue weighted by Crippen LogP contribution is 2.39. The van der Waals surface area contributed by atoms with Crippen molar-refractivity contribution in [3.8, 4) is 28.8 Å². The average molecular weight is 656 g/mol. The Kier molecular flexibility index (Phi) is 9.46. The van der Waals surface area contributed by atoms with Gasteiger partial charge in [0.15, 0.2) is 0 Å². The lowest BCUT2D eigenvalue weighted by atomic mass is 9.90. The van der Waals surface area contributed by atoms with Crippen LogP contribution in [0.2, 0.25) is 0 Å². The van der Waals surface area contributed by atoms with Gasteiger partial charge in [-0.15, -0.1) is 10.2 Å². The third-order valence-electron chi connectivity index (χ3n) is 9.43. The number of hydrogen-bond donors (Lipinski definition) is 2. The zero-order valence-electron chi connectivity index (χ0n) is 27.1. The molecule has 252 valence electrons. The second kappa shape index (κ2) is 14.2. The molecular weight excluding hydrogens is 614 g/mol. The number of nitrogens with one attached hydrogen (secondary N) is 1. The molecule has 7 rings (SSSR count). The number of hydrogen-bond acceptors (Lipinski definition) is 13. The van der Waals surface area contributed by atoms with Gasteiger partial charge in [-0.25, -0.2) is 14.6 Å². The molecule has 4 aromatic rings. The lowest BCUT2D eigenvalue weighted by Crippen LogP contribution is -2.45. The Morgan fingerprint density at radius 1 is 1.10 bits per heavy atom. The van der Waals surface area contributed by atoms with Crippen molar-refractivity contribution in [2.24, 2.45) is 0 Å². The molecule has 0 bridgehead atoms. The molecule has 2 aliphatic carbocycles. The van der Waals surface area contributed by atoms with Gasteiger partial charge in [0, 0.05) is 43.5 Å². The molecule has 0 spiro atoms. The minimum Gasteiger partial charge on any atom is -0.487 e. The maximum Gasteiger partial charge on any atom is 0.256 e.